The van der Waals surface area contributed by atoms with Crippen molar-refractivity contribution in [1.82, 2.24) is 0 Å². The number of rotatable bonds is 5. The summed E-state index contributed by atoms with van der Waals surface area (Å²) >= 11 is 0. The first kappa shape index (κ1) is 22.2. The highest BCUT2D eigenvalue weighted by Gasteiger charge is 2.28. The number of benzene rings is 1. The second-order valence-corrected chi connectivity index (χ2v) is 7.41. The van der Waals surface area contributed by atoms with Crippen molar-refractivity contribution in [2.24, 2.45) is 0 Å². The summed E-state index contributed by atoms with van der Waals surface area (Å²) in [6.07, 6.45) is -0.451. The van der Waals surface area contributed by atoms with E-state index in [1.807, 2.05) is 41.5 Å². The molecule has 0 aliphatic carbocycles. The first-order chi connectivity index (χ1) is 10.3. The summed E-state index contributed by atoms with van der Waals surface area (Å²) in [5.74, 6) is 0.795. The van der Waals surface area contributed by atoms with Gasteiger partial charge in [-0.2, -0.15) is 0 Å². The van der Waals surface area contributed by atoms with Crippen LogP contribution < -0.4 is 9.47 Å². The van der Waals surface area contributed by atoms with Gasteiger partial charge in [-0.3, -0.25) is 10.1 Å². The SMILES string of the molecule is C.COc1cc(C(C)OC(C)(C)C)c([N+](=O)[O-])cc1OC(C)(C)C. The zero-order valence-electron chi connectivity index (χ0n) is 15.2. The van der Waals surface area contributed by atoms with Gasteiger partial charge in [0.15, 0.2) is 11.5 Å². The van der Waals surface area contributed by atoms with Crippen LogP contribution in [-0.2, 0) is 4.74 Å². The Bertz CT molecular complexity index is 570. The topological polar surface area (TPSA) is 70.8 Å². The van der Waals surface area contributed by atoms with E-state index >= 15 is 0 Å². The van der Waals surface area contributed by atoms with E-state index in [0.29, 0.717) is 17.1 Å². The molecule has 24 heavy (non-hydrogen) atoms. The van der Waals surface area contributed by atoms with E-state index in [9.17, 15) is 10.1 Å². The fourth-order valence-electron chi connectivity index (χ4n) is 2.21. The third-order valence-electron chi connectivity index (χ3n) is 2.89. The van der Waals surface area contributed by atoms with Gasteiger partial charge in [0, 0.05) is 0 Å². The molecule has 1 aromatic carbocycles. The molecule has 138 valence electrons. The van der Waals surface area contributed by atoms with Gasteiger partial charge in [0.05, 0.1) is 35.4 Å². The van der Waals surface area contributed by atoms with Gasteiger partial charge < -0.3 is 14.2 Å². The summed E-state index contributed by atoms with van der Waals surface area (Å²) in [4.78, 5) is 11.0. The van der Waals surface area contributed by atoms with Crippen molar-refractivity contribution >= 4 is 5.69 Å². The van der Waals surface area contributed by atoms with Crippen LogP contribution >= 0.6 is 0 Å². The Morgan fingerprint density at radius 1 is 1.04 bits per heavy atom. The first-order valence-corrected chi connectivity index (χ1v) is 7.57. The maximum atomic E-state index is 11.5. The molecular formula is C18H31NO5. The predicted molar refractivity (Wildman–Crippen MR) is 96.0 cm³/mol. The Hall–Kier alpha value is -1.82. The fraction of sp³-hybridized carbons (Fsp3) is 0.667. The molecule has 0 bridgehead atoms. The molecule has 0 fully saturated rings. The molecule has 0 saturated carbocycles. The van der Waals surface area contributed by atoms with Gasteiger partial charge in [-0.1, -0.05) is 7.43 Å². The average Bonchev–Trinajstić information content (AvgIpc) is 2.34. The van der Waals surface area contributed by atoms with Crippen molar-refractivity contribution in [3.05, 3.63) is 27.8 Å². The van der Waals surface area contributed by atoms with E-state index < -0.39 is 22.2 Å². The van der Waals surface area contributed by atoms with Crippen LogP contribution in [0.15, 0.2) is 12.1 Å². The molecular weight excluding hydrogens is 310 g/mol. The summed E-state index contributed by atoms with van der Waals surface area (Å²) in [5, 5.41) is 11.5. The third kappa shape index (κ3) is 6.35. The number of nitro groups is 1. The van der Waals surface area contributed by atoms with Gasteiger partial charge in [-0.15, -0.1) is 0 Å². The van der Waals surface area contributed by atoms with Gasteiger partial charge in [-0.05, 0) is 54.5 Å². The summed E-state index contributed by atoms with van der Waals surface area (Å²) in [5.41, 5.74) is -0.484. The Kier molecular flexibility index (Phi) is 7.24. The van der Waals surface area contributed by atoms with Crippen molar-refractivity contribution < 1.29 is 19.1 Å². The molecule has 6 nitrogen and oxygen atoms in total. The second-order valence-electron chi connectivity index (χ2n) is 7.41. The lowest BCUT2D eigenvalue weighted by Crippen LogP contribution is -2.24. The van der Waals surface area contributed by atoms with Gasteiger partial charge in [0.2, 0.25) is 0 Å². The molecule has 0 aliphatic heterocycles. The van der Waals surface area contributed by atoms with Crippen molar-refractivity contribution in [2.75, 3.05) is 7.11 Å². The van der Waals surface area contributed by atoms with Crippen molar-refractivity contribution in [2.45, 2.75) is 73.2 Å². The average molecular weight is 341 g/mol. The number of nitro benzene ring substituents is 1. The lowest BCUT2D eigenvalue weighted by molar-refractivity contribution is -0.386. The lowest BCUT2D eigenvalue weighted by atomic mass is 10.1. The Labute approximate surface area is 145 Å². The van der Waals surface area contributed by atoms with Crippen LogP contribution in [0.2, 0.25) is 0 Å². The quantitative estimate of drug-likeness (QED) is 0.537. The minimum absolute atomic E-state index is 0. The number of ether oxygens (including phenoxy) is 3. The van der Waals surface area contributed by atoms with Gasteiger partial charge in [0.1, 0.15) is 5.60 Å². The molecule has 0 heterocycles. The largest absolute Gasteiger partial charge is 0.493 e. The van der Waals surface area contributed by atoms with Gasteiger partial charge in [-0.25, -0.2) is 0 Å². The Morgan fingerprint density at radius 2 is 1.58 bits per heavy atom. The summed E-state index contributed by atoms with van der Waals surface area (Å²) in [6, 6.07) is 3.03. The van der Waals surface area contributed by atoms with Gasteiger partial charge >= 0.3 is 0 Å². The Balaban J connectivity index is 0.00000529. The van der Waals surface area contributed by atoms with Crippen LogP contribution in [0.5, 0.6) is 11.5 Å². The van der Waals surface area contributed by atoms with Crippen LogP contribution in [0, 0.1) is 10.1 Å². The summed E-state index contributed by atoms with van der Waals surface area (Å²) in [7, 11) is 1.51. The third-order valence-corrected chi connectivity index (χ3v) is 2.89. The van der Waals surface area contributed by atoms with Crippen molar-refractivity contribution in [3.63, 3.8) is 0 Å². The monoisotopic (exact) mass is 341 g/mol. The maximum Gasteiger partial charge on any atom is 0.279 e. The van der Waals surface area contributed by atoms with Crippen LogP contribution in [0.25, 0.3) is 0 Å². The fourth-order valence-corrected chi connectivity index (χ4v) is 2.21. The zero-order chi connectivity index (χ0) is 18.0. The van der Waals surface area contributed by atoms with E-state index in [0.717, 1.165) is 0 Å². The highest BCUT2D eigenvalue weighted by Crippen LogP contribution is 2.40. The van der Waals surface area contributed by atoms with Crippen molar-refractivity contribution in [3.8, 4) is 11.5 Å². The Morgan fingerprint density at radius 3 is 1.96 bits per heavy atom. The summed E-state index contributed by atoms with van der Waals surface area (Å²) in [6.45, 7) is 13.1. The molecule has 0 aliphatic rings. The smallest absolute Gasteiger partial charge is 0.279 e. The molecule has 0 amide bonds. The second kappa shape index (κ2) is 7.83. The maximum absolute atomic E-state index is 11.5. The molecule has 0 spiro atoms. The van der Waals surface area contributed by atoms with Gasteiger partial charge in [0.25, 0.3) is 5.69 Å². The number of methoxy groups -OCH3 is 1. The highest BCUT2D eigenvalue weighted by molar-refractivity contribution is 5.55. The molecule has 1 unspecified atom stereocenters. The standard InChI is InChI=1S/C17H27NO5.CH4/c1-11(22-16(2,3)4)12-9-14(21-8)15(23-17(5,6)7)10-13(12)18(19)20;/h9-11H,1-8H3;1H4. The van der Waals surface area contributed by atoms with E-state index in [-0.39, 0.29) is 13.1 Å². The van der Waals surface area contributed by atoms with Crippen LogP contribution in [-0.4, -0.2) is 23.2 Å². The molecule has 0 N–H and O–H groups in total. The van der Waals surface area contributed by atoms with Crippen LogP contribution in [0.1, 0.15) is 67.6 Å². The molecule has 6 heteroatoms. The highest BCUT2D eigenvalue weighted by atomic mass is 16.6. The van der Waals surface area contributed by atoms with Crippen LogP contribution in [0.4, 0.5) is 5.69 Å². The normalized spacial score (nSPS) is 13.0. The number of hydrogen-bond donors (Lipinski definition) is 0. The minimum atomic E-state index is -0.490. The first-order valence-electron chi connectivity index (χ1n) is 7.57. The molecule has 1 atom stereocenters. The predicted octanol–water partition coefficient (Wildman–Crippen LogP) is 5.29. The van der Waals surface area contributed by atoms with E-state index in [2.05, 4.69) is 0 Å². The summed E-state index contributed by atoms with van der Waals surface area (Å²) < 4.78 is 17.0. The van der Waals surface area contributed by atoms with E-state index in [1.54, 1.807) is 13.0 Å². The van der Waals surface area contributed by atoms with Crippen LogP contribution in [0.3, 0.4) is 0 Å². The van der Waals surface area contributed by atoms with E-state index in [4.69, 9.17) is 14.2 Å². The molecule has 1 aromatic rings. The molecule has 0 aromatic heterocycles. The molecule has 0 saturated heterocycles. The lowest BCUT2D eigenvalue weighted by Gasteiger charge is -2.26. The number of hydrogen-bond acceptors (Lipinski definition) is 5. The minimum Gasteiger partial charge on any atom is -0.493 e. The van der Waals surface area contributed by atoms with E-state index in [1.165, 1.54) is 13.2 Å². The molecule has 1 rings (SSSR count). The molecule has 0 radical (unpaired) electrons. The van der Waals surface area contributed by atoms with Crippen molar-refractivity contribution in [1.29, 1.82) is 0 Å². The zero-order valence-corrected chi connectivity index (χ0v) is 15.2. The number of nitrogens with zero attached hydrogens (tertiary/aromatic N) is 1.